The predicted octanol–water partition coefficient (Wildman–Crippen LogP) is -0.140. The number of methoxy groups -OCH3 is 1. The average Bonchev–Trinajstić information content (AvgIpc) is 2.53. The van der Waals surface area contributed by atoms with Crippen LogP contribution in [-0.4, -0.2) is 50.2 Å². The summed E-state index contributed by atoms with van der Waals surface area (Å²) in [6, 6.07) is 4.91. The Kier molecular flexibility index (Phi) is 5.45. The summed E-state index contributed by atoms with van der Waals surface area (Å²) in [5.74, 6) is -1.15. The number of para-hydroxylation sites is 1. The number of ether oxygens (including phenoxy) is 1. The van der Waals surface area contributed by atoms with Gasteiger partial charge < -0.3 is 25.1 Å². The Labute approximate surface area is 133 Å². The van der Waals surface area contributed by atoms with Crippen LogP contribution in [-0.2, 0) is 16.0 Å². The summed E-state index contributed by atoms with van der Waals surface area (Å²) in [5, 5.41) is 14.3. The van der Waals surface area contributed by atoms with Crippen molar-refractivity contribution in [1.29, 1.82) is 0 Å². The number of carboxylic acids is 1. The Morgan fingerprint density at radius 3 is 2.91 bits per heavy atom. The number of fused-ring (bicyclic) bond motifs is 1. The normalized spacial score (nSPS) is 15.4. The minimum Gasteiger partial charge on any atom is -0.561 e. The number of carboxylic acid groups (broad SMARTS) is 1. The zero-order valence-electron chi connectivity index (χ0n) is 12.6. The molecule has 1 heterocycles. The van der Waals surface area contributed by atoms with Crippen LogP contribution < -0.4 is 15.3 Å². The first-order valence-electron chi connectivity index (χ1n) is 7.10. The van der Waals surface area contributed by atoms with Gasteiger partial charge in [-0.3, -0.25) is 4.79 Å². The third kappa shape index (κ3) is 4.38. The van der Waals surface area contributed by atoms with Gasteiger partial charge in [-0.25, -0.2) is 9.59 Å². The van der Waals surface area contributed by atoms with Gasteiger partial charge in [0.2, 0.25) is 5.91 Å². The van der Waals surface area contributed by atoms with Gasteiger partial charge in [0.15, 0.2) is 0 Å². The van der Waals surface area contributed by atoms with E-state index in [4.69, 9.17) is 9.76 Å². The lowest BCUT2D eigenvalue weighted by Crippen LogP contribution is -2.46. The maximum atomic E-state index is 11.8. The lowest BCUT2D eigenvalue weighted by atomic mass is 9.79. The topological polar surface area (TPSA) is 114 Å². The Bertz CT molecular complexity index is 621. The van der Waals surface area contributed by atoms with E-state index in [1.54, 1.807) is 12.1 Å². The fraction of sp³-hybridized carbons (Fsp3) is 0.357. The van der Waals surface area contributed by atoms with Crippen LogP contribution >= 0.6 is 0 Å². The highest BCUT2D eigenvalue weighted by molar-refractivity contribution is 6.32. The molecule has 0 bridgehead atoms. The summed E-state index contributed by atoms with van der Waals surface area (Å²) in [5.41, 5.74) is 0.865. The van der Waals surface area contributed by atoms with E-state index in [2.05, 4.69) is 15.4 Å². The number of carbonyl (C=O) groups excluding carboxylic acids is 2. The van der Waals surface area contributed by atoms with E-state index in [0.717, 1.165) is 5.56 Å². The molecule has 0 aliphatic carbocycles. The van der Waals surface area contributed by atoms with Crippen LogP contribution in [0.25, 0.3) is 0 Å². The molecule has 0 saturated heterocycles. The van der Waals surface area contributed by atoms with Crippen LogP contribution in [0.5, 0.6) is 5.75 Å². The van der Waals surface area contributed by atoms with Crippen molar-refractivity contribution in [3.8, 4) is 5.75 Å². The van der Waals surface area contributed by atoms with Crippen molar-refractivity contribution in [3.63, 3.8) is 0 Å². The zero-order chi connectivity index (χ0) is 16.8. The molecule has 1 aromatic carbocycles. The molecule has 3 N–H and O–H groups in total. The van der Waals surface area contributed by atoms with E-state index in [9.17, 15) is 14.4 Å². The highest BCUT2D eigenvalue weighted by Gasteiger charge is 2.26. The molecule has 23 heavy (non-hydrogen) atoms. The van der Waals surface area contributed by atoms with Crippen LogP contribution in [0.15, 0.2) is 18.2 Å². The lowest BCUT2D eigenvalue weighted by molar-refractivity contribution is -0.121. The van der Waals surface area contributed by atoms with Gasteiger partial charge >= 0.3 is 19.5 Å². The summed E-state index contributed by atoms with van der Waals surface area (Å²) in [7, 11) is 1.45. The van der Waals surface area contributed by atoms with Gasteiger partial charge in [0, 0.05) is 18.9 Å². The second-order valence-corrected chi connectivity index (χ2v) is 5.05. The average molecular weight is 320 g/mol. The van der Waals surface area contributed by atoms with E-state index in [-0.39, 0.29) is 37.9 Å². The Balaban J connectivity index is 1.88. The first-order chi connectivity index (χ1) is 11.0. The van der Waals surface area contributed by atoms with Gasteiger partial charge in [-0.2, -0.15) is 0 Å². The number of rotatable bonds is 5. The zero-order valence-corrected chi connectivity index (χ0v) is 12.6. The van der Waals surface area contributed by atoms with E-state index in [1.165, 1.54) is 13.2 Å². The molecule has 0 fully saturated rings. The molecular formula is C14H17BN2O6. The van der Waals surface area contributed by atoms with E-state index in [1.807, 2.05) is 0 Å². The van der Waals surface area contributed by atoms with E-state index in [0.29, 0.717) is 12.2 Å². The number of nitrogens with one attached hydrogen (secondary N) is 2. The molecule has 0 saturated carbocycles. The third-order valence-electron chi connectivity index (χ3n) is 3.39. The molecule has 9 heteroatoms. The highest BCUT2D eigenvalue weighted by Crippen LogP contribution is 2.28. The molecule has 8 nitrogen and oxygen atoms in total. The predicted molar refractivity (Wildman–Crippen MR) is 81.8 cm³/mol. The van der Waals surface area contributed by atoms with Crippen molar-refractivity contribution in [1.82, 2.24) is 10.6 Å². The molecule has 1 aliphatic heterocycles. The first kappa shape index (κ1) is 16.7. The number of benzene rings is 1. The van der Waals surface area contributed by atoms with Crippen LogP contribution in [0, 0.1) is 0 Å². The summed E-state index contributed by atoms with van der Waals surface area (Å²) in [6.45, 7) is 0.172. The molecule has 1 aromatic rings. The largest absolute Gasteiger partial charge is 0.561 e. The summed E-state index contributed by atoms with van der Waals surface area (Å²) < 4.78 is 9.91. The van der Waals surface area contributed by atoms with Crippen molar-refractivity contribution < 1.29 is 28.9 Å². The van der Waals surface area contributed by atoms with Gasteiger partial charge in [0.1, 0.15) is 5.75 Å². The molecule has 0 aromatic heterocycles. The molecule has 0 radical (unpaired) electrons. The number of carbonyl (C=O) groups is 3. The fourth-order valence-corrected chi connectivity index (χ4v) is 2.34. The van der Waals surface area contributed by atoms with Crippen LogP contribution in [0.4, 0.5) is 4.79 Å². The van der Waals surface area contributed by atoms with Crippen molar-refractivity contribution >= 4 is 25.5 Å². The number of amides is 2. The minimum atomic E-state index is -1.04. The molecule has 1 atom stereocenters. The molecule has 1 unspecified atom stereocenters. The Morgan fingerprint density at radius 2 is 2.22 bits per heavy atom. The summed E-state index contributed by atoms with van der Waals surface area (Å²) in [4.78, 5) is 33.8. The van der Waals surface area contributed by atoms with E-state index >= 15 is 0 Å². The first-order valence-corrected chi connectivity index (χ1v) is 7.10. The maximum absolute atomic E-state index is 11.8. The van der Waals surface area contributed by atoms with Gasteiger partial charge in [-0.05, 0) is 18.1 Å². The Morgan fingerprint density at radius 1 is 1.43 bits per heavy atom. The monoisotopic (exact) mass is 320 g/mol. The van der Waals surface area contributed by atoms with Crippen LogP contribution in [0.1, 0.15) is 22.3 Å². The maximum Gasteiger partial charge on any atom is 0.406 e. The third-order valence-corrected chi connectivity index (χ3v) is 3.39. The lowest BCUT2D eigenvalue weighted by Gasteiger charge is -2.26. The Hall–Kier alpha value is -2.71. The molecule has 2 rings (SSSR count). The molecule has 2 amide bonds. The number of aromatic carboxylic acids is 1. The van der Waals surface area contributed by atoms with Crippen molar-refractivity contribution in [2.75, 3.05) is 13.7 Å². The number of hydrogen-bond donors (Lipinski definition) is 3. The van der Waals surface area contributed by atoms with Crippen molar-refractivity contribution in [2.24, 2.45) is 0 Å². The number of hydrogen-bond acceptors (Lipinski definition) is 5. The van der Waals surface area contributed by atoms with Crippen molar-refractivity contribution in [3.05, 3.63) is 29.3 Å². The molecule has 1 aliphatic rings. The molecule has 0 spiro atoms. The fourth-order valence-electron chi connectivity index (χ4n) is 2.34. The highest BCUT2D eigenvalue weighted by atomic mass is 16.5. The molecule has 122 valence electrons. The molecular weight excluding hydrogens is 303 g/mol. The second kappa shape index (κ2) is 7.53. The van der Waals surface area contributed by atoms with Gasteiger partial charge in [-0.15, -0.1) is 0 Å². The van der Waals surface area contributed by atoms with Gasteiger partial charge in [0.25, 0.3) is 0 Å². The smallest absolute Gasteiger partial charge is 0.406 e. The van der Waals surface area contributed by atoms with Gasteiger partial charge in [0.05, 0.1) is 12.7 Å². The SMILES string of the molecule is COC(=O)NCCC(=O)NC1BOc2c(cccc2C(=O)O)C1. The van der Waals surface area contributed by atoms with E-state index < -0.39 is 12.1 Å². The van der Waals surface area contributed by atoms with Crippen LogP contribution in [0.3, 0.4) is 0 Å². The van der Waals surface area contributed by atoms with Gasteiger partial charge in [-0.1, -0.05) is 12.1 Å². The van der Waals surface area contributed by atoms with Crippen LogP contribution in [0.2, 0.25) is 0 Å². The minimum absolute atomic E-state index is 0.119. The van der Waals surface area contributed by atoms with Crippen molar-refractivity contribution in [2.45, 2.75) is 18.8 Å². The standard InChI is InChI=1S/C14H17BN2O6/c1-22-14(21)16-6-5-11(18)17-10-7-8-3-2-4-9(13(19)20)12(8)23-15-10/h2-4,10,15H,5-7H2,1H3,(H,16,21)(H,17,18)(H,19,20). The summed E-state index contributed by atoms with van der Waals surface area (Å²) >= 11 is 0. The summed E-state index contributed by atoms with van der Waals surface area (Å²) in [6.07, 6.45) is 0.0224. The second-order valence-electron chi connectivity index (χ2n) is 5.05. The quantitative estimate of drug-likeness (QED) is 0.651. The number of alkyl carbamates (subject to hydrolysis) is 1.